The van der Waals surface area contributed by atoms with Gasteiger partial charge in [-0.1, -0.05) is 18.2 Å². The summed E-state index contributed by atoms with van der Waals surface area (Å²) in [6.45, 7) is 8.66. The van der Waals surface area contributed by atoms with Gasteiger partial charge in [0.05, 0.1) is 12.8 Å². The Hall–Kier alpha value is -1.74. The van der Waals surface area contributed by atoms with Crippen molar-refractivity contribution >= 4 is 35.6 Å². The number of rotatable bonds is 7. The lowest BCUT2D eigenvalue weighted by Gasteiger charge is -2.25. The molecule has 0 amide bonds. The fraction of sp³-hybridized carbons (Fsp3) is 0.476. The Balaban J connectivity index is 0.00000280. The van der Waals surface area contributed by atoms with Gasteiger partial charge in [-0.25, -0.2) is 4.99 Å². The molecule has 3 rings (SSSR count). The van der Waals surface area contributed by atoms with Gasteiger partial charge in [0.25, 0.3) is 0 Å². The molecule has 2 aromatic rings. The minimum atomic E-state index is -1.13. The van der Waals surface area contributed by atoms with E-state index in [1.165, 1.54) is 11.3 Å². The highest BCUT2D eigenvalue weighted by atomic mass is 127. The molecule has 154 valence electrons. The minimum Gasteiger partial charge on any atom is -0.466 e. The van der Waals surface area contributed by atoms with Crippen molar-refractivity contribution in [1.82, 2.24) is 10.6 Å². The molecule has 0 saturated carbocycles. The number of hydrogen-bond donors (Lipinski definition) is 3. The molecule has 0 spiro atoms. The first-order valence-corrected chi connectivity index (χ1v) is 9.64. The number of fused-ring (bicyclic) bond motifs is 1. The Morgan fingerprint density at radius 1 is 1.29 bits per heavy atom. The van der Waals surface area contributed by atoms with Gasteiger partial charge in [0.2, 0.25) is 0 Å². The quantitative estimate of drug-likeness (QED) is 0.311. The first-order chi connectivity index (χ1) is 13.0. The third kappa shape index (κ3) is 5.41. The predicted molar refractivity (Wildman–Crippen MR) is 125 cm³/mol. The van der Waals surface area contributed by atoms with Gasteiger partial charge in [-0.2, -0.15) is 0 Å². The van der Waals surface area contributed by atoms with Gasteiger partial charge in [0.1, 0.15) is 11.4 Å². The zero-order chi connectivity index (χ0) is 19.3. The summed E-state index contributed by atoms with van der Waals surface area (Å²) in [6, 6.07) is 12.6. The maximum absolute atomic E-state index is 10.6. The van der Waals surface area contributed by atoms with Crippen molar-refractivity contribution in [2.45, 2.75) is 38.8 Å². The summed E-state index contributed by atoms with van der Waals surface area (Å²) in [5.41, 5.74) is 1.61. The van der Waals surface area contributed by atoms with Crippen LogP contribution in [0.4, 0.5) is 5.69 Å². The van der Waals surface area contributed by atoms with Gasteiger partial charge in [0.15, 0.2) is 5.96 Å². The molecule has 2 atom stereocenters. The Morgan fingerprint density at radius 3 is 2.79 bits per heavy atom. The highest BCUT2D eigenvalue weighted by molar-refractivity contribution is 14.0. The van der Waals surface area contributed by atoms with Crippen molar-refractivity contribution in [2.75, 3.05) is 31.1 Å². The number of furan rings is 1. The highest BCUT2D eigenvalue weighted by Crippen LogP contribution is 2.31. The molecule has 0 radical (unpaired) electrons. The van der Waals surface area contributed by atoms with Crippen LogP contribution < -0.4 is 15.5 Å². The monoisotopic (exact) mass is 498 g/mol. The average Bonchev–Trinajstić information content (AvgIpc) is 3.29. The van der Waals surface area contributed by atoms with Crippen LogP contribution in [0.25, 0.3) is 0 Å². The molecule has 2 unspecified atom stereocenters. The van der Waals surface area contributed by atoms with E-state index in [1.807, 2.05) is 6.92 Å². The van der Waals surface area contributed by atoms with Gasteiger partial charge < -0.3 is 25.1 Å². The van der Waals surface area contributed by atoms with Crippen LogP contribution >= 0.6 is 24.0 Å². The van der Waals surface area contributed by atoms with Crippen LogP contribution in [0.3, 0.4) is 0 Å². The van der Waals surface area contributed by atoms with Crippen LogP contribution in [0, 0.1) is 0 Å². The summed E-state index contributed by atoms with van der Waals surface area (Å²) in [5.74, 6) is 1.22. The molecule has 0 saturated heterocycles. The van der Waals surface area contributed by atoms with Crippen molar-refractivity contribution in [1.29, 1.82) is 0 Å². The standard InChI is InChI=1S/C21H30N4O2.HI/c1-4-22-20(24-15-21(3,26)19-10-7-13-27-19)23-11-12-25-16(2)14-17-8-5-6-9-18(17)25;/h5-10,13,16,26H,4,11-12,14-15H2,1-3H3,(H2,22,23,24);1H. The number of para-hydroxylation sites is 1. The van der Waals surface area contributed by atoms with E-state index in [9.17, 15) is 5.11 Å². The summed E-state index contributed by atoms with van der Waals surface area (Å²) in [6.07, 6.45) is 2.66. The fourth-order valence-electron chi connectivity index (χ4n) is 3.50. The lowest BCUT2D eigenvalue weighted by molar-refractivity contribution is 0.0437. The van der Waals surface area contributed by atoms with Crippen LogP contribution in [-0.4, -0.2) is 43.3 Å². The number of aliphatic hydroxyl groups is 1. The first-order valence-electron chi connectivity index (χ1n) is 9.64. The number of anilines is 1. The van der Waals surface area contributed by atoms with E-state index in [0.29, 0.717) is 17.8 Å². The van der Waals surface area contributed by atoms with E-state index in [1.54, 1.807) is 25.3 Å². The van der Waals surface area contributed by atoms with Crippen molar-refractivity contribution < 1.29 is 9.52 Å². The smallest absolute Gasteiger partial charge is 0.191 e. The van der Waals surface area contributed by atoms with Crippen molar-refractivity contribution in [3.05, 3.63) is 54.0 Å². The van der Waals surface area contributed by atoms with Crippen LogP contribution in [-0.2, 0) is 12.0 Å². The summed E-state index contributed by atoms with van der Waals surface area (Å²) >= 11 is 0. The highest BCUT2D eigenvalue weighted by Gasteiger charge is 2.26. The number of guanidine groups is 1. The summed E-state index contributed by atoms with van der Waals surface area (Å²) in [5, 5.41) is 17.2. The predicted octanol–water partition coefficient (Wildman–Crippen LogP) is 3.11. The molecule has 1 aliphatic rings. The molecule has 2 heterocycles. The van der Waals surface area contributed by atoms with Gasteiger partial charge in [0, 0.05) is 31.4 Å². The lowest BCUT2D eigenvalue weighted by atomic mass is 10.0. The van der Waals surface area contributed by atoms with Crippen molar-refractivity contribution in [3.8, 4) is 0 Å². The zero-order valence-corrected chi connectivity index (χ0v) is 19.1. The van der Waals surface area contributed by atoms with Crippen molar-refractivity contribution in [3.63, 3.8) is 0 Å². The van der Waals surface area contributed by atoms with E-state index < -0.39 is 5.60 Å². The molecular formula is C21H31IN4O2. The third-order valence-corrected chi connectivity index (χ3v) is 4.93. The van der Waals surface area contributed by atoms with Crippen LogP contribution in [0.5, 0.6) is 0 Å². The lowest BCUT2D eigenvalue weighted by Crippen LogP contribution is -2.43. The first kappa shape index (κ1) is 22.5. The molecule has 6 nitrogen and oxygen atoms in total. The third-order valence-electron chi connectivity index (χ3n) is 4.93. The van der Waals surface area contributed by atoms with E-state index in [2.05, 4.69) is 51.7 Å². The molecule has 0 fully saturated rings. The molecule has 3 N–H and O–H groups in total. The Labute approximate surface area is 184 Å². The van der Waals surface area contributed by atoms with E-state index in [0.717, 1.165) is 26.1 Å². The molecule has 0 aliphatic carbocycles. The van der Waals surface area contributed by atoms with Gasteiger partial charge in [-0.15, -0.1) is 24.0 Å². The molecule has 28 heavy (non-hydrogen) atoms. The number of hydrogen-bond acceptors (Lipinski definition) is 4. The maximum Gasteiger partial charge on any atom is 0.191 e. The number of halogens is 1. The Bertz CT molecular complexity index is 762. The second-order valence-corrected chi connectivity index (χ2v) is 7.25. The molecule has 1 aromatic carbocycles. The van der Waals surface area contributed by atoms with Crippen LogP contribution in [0.2, 0.25) is 0 Å². The van der Waals surface area contributed by atoms with Crippen LogP contribution in [0.1, 0.15) is 32.1 Å². The minimum absolute atomic E-state index is 0. The largest absolute Gasteiger partial charge is 0.466 e. The van der Waals surface area contributed by atoms with Gasteiger partial charge in [-0.05, 0) is 51.0 Å². The van der Waals surface area contributed by atoms with Gasteiger partial charge in [-0.3, -0.25) is 0 Å². The summed E-state index contributed by atoms with van der Waals surface area (Å²) in [4.78, 5) is 6.97. The zero-order valence-electron chi connectivity index (χ0n) is 16.8. The Morgan fingerprint density at radius 2 is 2.07 bits per heavy atom. The SMILES string of the molecule is CCNC(=NCC(C)(O)c1ccco1)NCCN1c2ccccc2CC1C.I. The van der Waals surface area contributed by atoms with Crippen molar-refractivity contribution in [2.24, 2.45) is 4.99 Å². The average molecular weight is 498 g/mol. The Kier molecular flexibility index (Phi) is 8.18. The topological polar surface area (TPSA) is 73.0 Å². The second kappa shape index (κ2) is 10.2. The number of nitrogens with zero attached hydrogens (tertiary/aromatic N) is 2. The molecule has 7 heteroatoms. The summed E-state index contributed by atoms with van der Waals surface area (Å²) < 4.78 is 5.32. The molecule has 1 aliphatic heterocycles. The van der Waals surface area contributed by atoms with E-state index in [4.69, 9.17) is 4.42 Å². The number of nitrogens with one attached hydrogen (secondary N) is 2. The van der Waals surface area contributed by atoms with E-state index in [-0.39, 0.29) is 30.5 Å². The van der Waals surface area contributed by atoms with Crippen LogP contribution in [0.15, 0.2) is 52.1 Å². The normalized spacial score (nSPS) is 18.2. The van der Waals surface area contributed by atoms with E-state index >= 15 is 0 Å². The molecule has 1 aromatic heterocycles. The number of benzene rings is 1. The summed E-state index contributed by atoms with van der Waals surface area (Å²) in [7, 11) is 0. The second-order valence-electron chi connectivity index (χ2n) is 7.25. The van der Waals surface area contributed by atoms with Gasteiger partial charge >= 0.3 is 0 Å². The fourth-order valence-corrected chi connectivity index (χ4v) is 3.50. The molecular weight excluding hydrogens is 467 g/mol. The number of aliphatic imine (C=N–C) groups is 1. The molecule has 0 bridgehead atoms. The maximum atomic E-state index is 10.6.